The molecule has 0 spiro atoms. The van der Waals surface area contributed by atoms with Crippen LogP contribution in [0, 0.1) is 5.92 Å². The Morgan fingerprint density at radius 3 is 2.46 bits per heavy atom. The second-order valence-corrected chi connectivity index (χ2v) is 7.23. The summed E-state index contributed by atoms with van der Waals surface area (Å²) >= 11 is 0. The zero-order chi connectivity index (χ0) is 17.9. The summed E-state index contributed by atoms with van der Waals surface area (Å²) in [7, 11) is 0. The first-order chi connectivity index (χ1) is 12.7. The number of rotatable bonds is 4. The Hall–Kier alpha value is -2.56. The molecule has 136 valence electrons. The number of ketones is 1. The molecule has 5 heteroatoms. The van der Waals surface area contributed by atoms with Gasteiger partial charge in [0.2, 0.25) is 0 Å². The highest BCUT2D eigenvalue weighted by atomic mass is 16.6. The van der Waals surface area contributed by atoms with Gasteiger partial charge in [0.05, 0.1) is 11.8 Å². The van der Waals surface area contributed by atoms with E-state index >= 15 is 0 Å². The van der Waals surface area contributed by atoms with E-state index in [0.717, 1.165) is 24.8 Å². The van der Waals surface area contributed by atoms with Crippen molar-refractivity contribution in [1.82, 2.24) is 4.90 Å². The third-order valence-electron chi connectivity index (χ3n) is 5.57. The summed E-state index contributed by atoms with van der Waals surface area (Å²) < 4.78 is 10.6. The van der Waals surface area contributed by atoms with Crippen LogP contribution in [0.25, 0.3) is 0 Å². The Labute approximate surface area is 152 Å². The minimum absolute atomic E-state index is 0.0407. The number of amides is 1. The van der Waals surface area contributed by atoms with E-state index in [9.17, 15) is 9.59 Å². The minimum atomic E-state index is -0.252. The summed E-state index contributed by atoms with van der Waals surface area (Å²) in [5, 5.41) is 0. The molecule has 1 aromatic carbocycles. The molecule has 2 atom stereocenters. The molecule has 2 unspecified atom stereocenters. The van der Waals surface area contributed by atoms with Crippen LogP contribution in [0.4, 0.5) is 4.79 Å². The topological polar surface area (TPSA) is 59.8 Å². The molecule has 26 heavy (non-hydrogen) atoms. The van der Waals surface area contributed by atoms with Gasteiger partial charge in [0.1, 0.15) is 12.9 Å². The van der Waals surface area contributed by atoms with E-state index < -0.39 is 0 Å². The molecule has 3 heterocycles. The fraction of sp³-hybridized carbons (Fsp3) is 0.429. The summed E-state index contributed by atoms with van der Waals surface area (Å²) in [6.07, 6.45) is 7.19. The number of carbonyl (C=O) groups is 2. The zero-order valence-corrected chi connectivity index (χ0v) is 14.7. The van der Waals surface area contributed by atoms with Crippen molar-refractivity contribution in [1.29, 1.82) is 0 Å². The van der Waals surface area contributed by atoms with Gasteiger partial charge in [-0.05, 0) is 43.7 Å². The summed E-state index contributed by atoms with van der Waals surface area (Å²) in [6, 6.07) is 11.6. The molecule has 4 rings (SSSR count). The maximum atomic E-state index is 12.7. The Bertz CT molecular complexity index is 742. The third-order valence-corrected chi connectivity index (χ3v) is 5.57. The van der Waals surface area contributed by atoms with Gasteiger partial charge in [0, 0.05) is 18.0 Å². The van der Waals surface area contributed by atoms with Crippen LogP contribution >= 0.6 is 0 Å². The molecule has 0 N–H and O–H groups in total. The number of benzene rings is 1. The number of Topliss-reactive ketones (excluding diaryl/α,β-unsaturated/α-hetero) is 1. The number of fused-ring (bicyclic) bond motifs is 2. The molecule has 0 aliphatic carbocycles. The van der Waals surface area contributed by atoms with E-state index in [1.165, 1.54) is 12.5 Å². The van der Waals surface area contributed by atoms with Crippen LogP contribution in [0.3, 0.4) is 0 Å². The highest BCUT2D eigenvalue weighted by molar-refractivity contribution is 5.97. The van der Waals surface area contributed by atoms with Gasteiger partial charge < -0.3 is 14.1 Å². The van der Waals surface area contributed by atoms with E-state index in [-0.39, 0.29) is 36.5 Å². The van der Waals surface area contributed by atoms with Crippen LogP contribution in [0.5, 0.6) is 0 Å². The standard InChI is InChI=1S/C21H23NO4/c23-20(16-9-10-25-14-16)17-11-18-7-4-8-19(12-17)22(18)21(24)26-13-15-5-2-1-3-6-15/h1-3,5-6,9-10,14,17-19H,4,7-8,11-13H2. The molecule has 5 nitrogen and oxygen atoms in total. The van der Waals surface area contributed by atoms with Crippen LogP contribution in [-0.2, 0) is 11.3 Å². The Balaban J connectivity index is 1.42. The van der Waals surface area contributed by atoms with Crippen LogP contribution in [-0.4, -0.2) is 28.9 Å². The fourth-order valence-corrected chi connectivity index (χ4v) is 4.33. The quantitative estimate of drug-likeness (QED) is 0.763. The van der Waals surface area contributed by atoms with Gasteiger partial charge in [-0.2, -0.15) is 0 Å². The Kier molecular flexibility index (Phi) is 4.78. The normalized spacial score (nSPS) is 24.9. The van der Waals surface area contributed by atoms with Gasteiger partial charge in [-0.1, -0.05) is 30.3 Å². The smallest absolute Gasteiger partial charge is 0.410 e. The monoisotopic (exact) mass is 353 g/mol. The average Bonchev–Trinajstić information content (AvgIpc) is 3.20. The summed E-state index contributed by atoms with van der Waals surface area (Å²) in [6.45, 7) is 0.285. The Morgan fingerprint density at radius 2 is 1.81 bits per heavy atom. The molecule has 1 amide bonds. The van der Waals surface area contributed by atoms with Crippen molar-refractivity contribution in [3.63, 3.8) is 0 Å². The second-order valence-electron chi connectivity index (χ2n) is 7.23. The largest absolute Gasteiger partial charge is 0.472 e. The van der Waals surface area contributed by atoms with Gasteiger partial charge in [0.25, 0.3) is 0 Å². The van der Waals surface area contributed by atoms with Crippen molar-refractivity contribution in [2.45, 2.75) is 50.8 Å². The summed E-state index contributed by atoms with van der Waals surface area (Å²) in [5.41, 5.74) is 1.62. The number of hydrogen-bond donors (Lipinski definition) is 0. The van der Waals surface area contributed by atoms with E-state index in [0.29, 0.717) is 18.4 Å². The van der Waals surface area contributed by atoms with Crippen molar-refractivity contribution in [2.75, 3.05) is 0 Å². The second kappa shape index (κ2) is 7.36. The van der Waals surface area contributed by atoms with Crippen molar-refractivity contribution in [2.24, 2.45) is 5.92 Å². The van der Waals surface area contributed by atoms with Crippen LogP contribution in [0.2, 0.25) is 0 Å². The molecular formula is C21H23NO4. The molecule has 2 aliphatic rings. The average molecular weight is 353 g/mol. The molecule has 1 aromatic heterocycles. The molecule has 0 saturated carbocycles. The number of ether oxygens (including phenoxy) is 1. The maximum Gasteiger partial charge on any atom is 0.410 e. The van der Waals surface area contributed by atoms with Crippen molar-refractivity contribution in [3.05, 3.63) is 60.1 Å². The van der Waals surface area contributed by atoms with Gasteiger partial charge in [-0.15, -0.1) is 0 Å². The predicted octanol–water partition coefficient (Wildman–Crippen LogP) is 4.43. The van der Waals surface area contributed by atoms with E-state index in [4.69, 9.17) is 9.15 Å². The maximum absolute atomic E-state index is 12.7. The van der Waals surface area contributed by atoms with Crippen LogP contribution in [0.15, 0.2) is 53.3 Å². The first-order valence-corrected chi connectivity index (χ1v) is 9.28. The zero-order valence-electron chi connectivity index (χ0n) is 14.7. The molecule has 2 saturated heterocycles. The molecule has 2 bridgehead atoms. The van der Waals surface area contributed by atoms with Crippen LogP contribution in [0.1, 0.15) is 48.0 Å². The van der Waals surface area contributed by atoms with Gasteiger partial charge in [0.15, 0.2) is 5.78 Å². The first kappa shape index (κ1) is 16.9. The molecule has 0 radical (unpaired) electrons. The number of hydrogen-bond acceptors (Lipinski definition) is 4. The fourth-order valence-electron chi connectivity index (χ4n) is 4.33. The highest BCUT2D eigenvalue weighted by Gasteiger charge is 2.43. The molecule has 2 aromatic rings. The lowest BCUT2D eigenvalue weighted by molar-refractivity contribution is 0.00471. The SMILES string of the molecule is O=C(c1ccoc1)C1CC2CCCC(C1)N2C(=O)OCc1ccccc1. The highest BCUT2D eigenvalue weighted by Crippen LogP contribution is 2.38. The molecular weight excluding hydrogens is 330 g/mol. The van der Waals surface area contributed by atoms with Gasteiger partial charge in [-0.3, -0.25) is 4.79 Å². The predicted molar refractivity (Wildman–Crippen MR) is 95.7 cm³/mol. The van der Waals surface area contributed by atoms with Crippen molar-refractivity contribution >= 4 is 11.9 Å². The van der Waals surface area contributed by atoms with Crippen molar-refractivity contribution in [3.8, 4) is 0 Å². The Morgan fingerprint density at radius 1 is 1.08 bits per heavy atom. The molecule has 2 fully saturated rings. The summed E-state index contributed by atoms with van der Waals surface area (Å²) in [5.74, 6) is 0.0917. The number of piperidine rings is 2. The lowest BCUT2D eigenvalue weighted by atomic mass is 9.76. The first-order valence-electron chi connectivity index (χ1n) is 9.28. The van der Waals surface area contributed by atoms with E-state index in [1.54, 1.807) is 6.07 Å². The van der Waals surface area contributed by atoms with Gasteiger partial charge >= 0.3 is 6.09 Å². The van der Waals surface area contributed by atoms with Gasteiger partial charge in [-0.25, -0.2) is 4.79 Å². The number of carbonyl (C=O) groups excluding carboxylic acids is 2. The number of nitrogens with zero attached hydrogens (tertiary/aromatic N) is 1. The molecule has 2 aliphatic heterocycles. The van der Waals surface area contributed by atoms with Crippen LogP contribution < -0.4 is 0 Å². The van der Waals surface area contributed by atoms with Crippen molar-refractivity contribution < 1.29 is 18.7 Å². The third kappa shape index (κ3) is 3.39. The lowest BCUT2D eigenvalue weighted by Gasteiger charge is -2.47. The van der Waals surface area contributed by atoms with E-state index in [1.807, 2.05) is 35.2 Å². The minimum Gasteiger partial charge on any atom is -0.472 e. The summed E-state index contributed by atoms with van der Waals surface area (Å²) in [4.78, 5) is 27.3. The van der Waals surface area contributed by atoms with E-state index in [2.05, 4.69) is 0 Å². The number of furan rings is 1. The lowest BCUT2D eigenvalue weighted by Crippen LogP contribution is -2.55.